The van der Waals surface area contributed by atoms with Crippen LogP contribution in [-0.4, -0.2) is 28.6 Å². The van der Waals surface area contributed by atoms with E-state index in [4.69, 9.17) is 4.18 Å². The molecule has 3 rings (SSSR count). The van der Waals surface area contributed by atoms with Gasteiger partial charge in [0.15, 0.2) is 0 Å². The molecule has 0 fully saturated rings. The topological polar surface area (TPSA) is 87.0 Å². The van der Waals surface area contributed by atoms with Crippen molar-refractivity contribution < 1.29 is 12.6 Å². The van der Waals surface area contributed by atoms with Gasteiger partial charge in [-0.25, -0.2) is 4.68 Å². The molecule has 0 saturated heterocycles. The average Bonchev–Trinajstić information content (AvgIpc) is 3.13. The summed E-state index contributed by atoms with van der Waals surface area (Å²) in [5.41, 5.74) is 5.17. The quantitative estimate of drug-likeness (QED) is 0.654. The van der Waals surface area contributed by atoms with Gasteiger partial charge in [-0.2, -0.15) is 8.42 Å². The minimum Gasteiger partial charge on any atom is -0.379 e. The number of benzene rings is 2. The molecular formula is C18H20N4O3S. The van der Waals surface area contributed by atoms with Crippen LogP contribution in [0.3, 0.4) is 0 Å². The van der Waals surface area contributed by atoms with Gasteiger partial charge < -0.3 is 4.18 Å². The predicted octanol–water partition coefficient (Wildman–Crippen LogP) is 2.97. The van der Waals surface area contributed by atoms with Gasteiger partial charge in [-0.3, -0.25) is 0 Å². The van der Waals surface area contributed by atoms with Gasteiger partial charge >= 0.3 is 10.1 Å². The molecular weight excluding hydrogens is 352 g/mol. The standard InChI is InChI=1S/C18H20N4O3S/c1-11-12(2)14(4)18(15(5)13(11)3)26(23,24)25-17-8-6-16(7-9-17)22-10-19-20-21-22/h6-10H,1-5H3. The van der Waals surface area contributed by atoms with Gasteiger partial charge in [-0.15, -0.1) is 5.10 Å². The van der Waals surface area contributed by atoms with Crippen molar-refractivity contribution >= 4 is 10.1 Å². The summed E-state index contributed by atoms with van der Waals surface area (Å²) < 4.78 is 32.7. The van der Waals surface area contributed by atoms with Crippen molar-refractivity contribution in [2.45, 2.75) is 39.5 Å². The molecule has 0 atom stereocenters. The number of tetrazole rings is 1. The van der Waals surface area contributed by atoms with Crippen molar-refractivity contribution in [2.24, 2.45) is 0 Å². The van der Waals surface area contributed by atoms with Crippen LogP contribution in [0.4, 0.5) is 0 Å². The Bertz CT molecular complexity index is 1030. The van der Waals surface area contributed by atoms with Crippen LogP contribution in [0.5, 0.6) is 5.75 Å². The molecule has 2 aromatic carbocycles. The van der Waals surface area contributed by atoms with Crippen LogP contribution in [0.25, 0.3) is 5.69 Å². The highest BCUT2D eigenvalue weighted by atomic mass is 32.2. The van der Waals surface area contributed by atoms with Gasteiger partial charge in [-0.05, 0) is 97.1 Å². The molecule has 1 aromatic heterocycles. The van der Waals surface area contributed by atoms with E-state index in [0.29, 0.717) is 5.69 Å². The third kappa shape index (κ3) is 3.08. The van der Waals surface area contributed by atoms with Gasteiger partial charge in [0.1, 0.15) is 17.0 Å². The highest BCUT2D eigenvalue weighted by Gasteiger charge is 2.25. The highest BCUT2D eigenvalue weighted by Crippen LogP contribution is 2.31. The summed E-state index contributed by atoms with van der Waals surface area (Å²) in [6.07, 6.45) is 1.46. The molecule has 0 spiro atoms. The zero-order valence-electron chi connectivity index (χ0n) is 15.3. The minimum atomic E-state index is -3.95. The molecule has 0 aliphatic rings. The Kier molecular flexibility index (Phi) is 4.53. The Morgan fingerprint density at radius 1 is 0.846 bits per heavy atom. The summed E-state index contributed by atoms with van der Waals surface area (Å²) in [4.78, 5) is 0.239. The first-order chi connectivity index (χ1) is 12.2. The minimum absolute atomic E-state index is 0.233. The number of nitrogens with zero attached hydrogens (tertiary/aromatic N) is 4. The first kappa shape index (κ1) is 18.1. The summed E-state index contributed by atoms with van der Waals surface area (Å²) in [6, 6.07) is 6.53. The predicted molar refractivity (Wildman–Crippen MR) is 97.1 cm³/mol. The van der Waals surface area contributed by atoms with E-state index in [-0.39, 0.29) is 10.6 Å². The van der Waals surface area contributed by atoms with Crippen molar-refractivity contribution in [3.8, 4) is 11.4 Å². The Morgan fingerprint density at radius 3 is 1.88 bits per heavy atom. The molecule has 0 N–H and O–H groups in total. The zero-order valence-corrected chi connectivity index (χ0v) is 16.1. The van der Waals surface area contributed by atoms with Crippen LogP contribution in [0.15, 0.2) is 35.5 Å². The molecule has 26 heavy (non-hydrogen) atoms. The summed E-state index contributed by atoms with van der Waals surface area (Å²) in [7, 11) is -3.95. The Labute approximate surface area is 152 Å². The van der Waals surface area contributed by atoms with Gasteiger partial charge in [-0.1, -0.05) is 0 Å². The molecule has 7 nitrogen and oxygen atoms in total. The van der Waals surface area contributed by atoms with Crippen molar-refractivity contribution in [3.05, 3.63) is 58.4 Å². The van der Waals surface area contributed by atoms with Gasteiger partial charge in [0, 0.05) is 0 Å². The molecule has 3 aromatic rings. The van der Waals surface area contributed by atoms with Crippen molar-refractivity contribution in [1.82, 2.24) is 20.2 Å². The fraction of sp³-hybridized carbons (Fsp3) is 0.278. The van der Waals surface area contributed by atoms with E-state index in [9.17, 15) is 8.42 Å². The molecule has 0 saturated carbocycles. The number of hydrogen-bond donors (Lipinski definition) is 0. The van der Waals surface area contributed by atoms with Gasteiger partial charge in [0.2, 0.25) is 0 Å². The maximum Gasteiger partial charge on any atom is 0.339 e. The SMILES string of the molecule is Cc1c(C)c(C)c(S(=O)(=O)Oc2ccc(-n3cnnn3)cc2)c(C)c1C. The summed E-state index contributed by atoms with van der Waals surface area (Å²) in [5, 5.41) is 10.9. The monoisotopic (exact) mass is 372 g/mol. The number of aromatic nitrogens is 4. The maximum absolute atomic E-state index is 12.9. The highest BCUT2D eigenvalue weighted by molar-refractivity contribution is 7.87. The molecule has 0 radical (unpaired) electrons. The lowest BCUT2D eigenvalue weighted by molar-refractivity contribution is 0.484. The second kappa shape index (κ2) is 6.53. The van der Waals surface area contributed by atoms with E-state index >= 15 is 0 Å². The van der Waals surface area contributed by atoms with Crippen LogP contribution in [0.1, 0.15) is 27.8 Å². The number of hydrogen-bond acceptors (Lipinski definition) is 6. The summed E-state index contributed by atoms with van der Waals surface area (Å²) >= 11 is 0. The number of rotatable bonds is 4. The van der Waals surface area contributed by atoms with Crippen molar-refractivity contribution in [3.63, 3.8) is 0 Å². The van der Waals surface area contributed by atoms with Crippen LogP contribution >= 0.6 is 0 Å². The van der Waals surface area contributed by atoms with Crippen molar-refractivity contribution in [1.29, 1.82) is 0 Å². The smallest absolute Gasteiger partial charge is 0.339 e. The summed E-state index contributed by atoms with van der Waals surface area (Å²) in [5.74, 6) is 0.233. The fourth-order valence-electron chi connectivity index (χ4n) is 2.94. The van der Waals surface area contributed by atoms with Gasteiger partial charge in [0.05, 0.1) is 5.69 Å². The molecule has 0 amide bonds. The third-order valence-corrected chi connectivity index (χ3v) is 6.36. The maximum atomic E-state index is 12.9. The lowest BCUT2D eigenvalue weighted by Crippen LogP contribution is -2.15. The molecule has 0 aliphatic carbocycles. The van der Waals surface area contributed by atoms with Crippen molar-refractivity contribution in [2.75, 3.05) is 0 Å². The molecule has 136 valence electrons. The Balaban J connectivity index is 1.98. The van der Waals surface area contributed by atoms with E-state index in [1.54, 1.807) is 24.3 Å². The normalized spacial score (nSPS) is 11.6. The van der Waals surface area contributed by atoms with E-state index in [0.717, 1.165) is 27.8 Å². The first-order valence-electron chi connectivity index (χ1n) is 8.07. The molecule has 0 aliphatic heterocycles. The molecule has 1 heterocycles. The summed E-state index contributed by atoms with van der Waals surface area (Å²) in [6.45, 7) is 9.48. The van der Waals surface area contributed by atoms with Crippen LogP contribution in [0.2, 0.25) is 0 Å². The lowest BCUT2D eigenvalue weighted by atomic mass is 9.95. The second-order valence-corrected chi connectivity index (χ2v) is 7.72. The van der Waals surface area contributed by atoms with E-state index < -0.39 is 10.1 Å². The lowest BCUT2D eigenvalue weighted by Gasteiger charge is -2.18. The second-order valence-electron chi connectivity index (χ2n) is 6.24. The van der Waals surface area contributed by atoms with Crippen LogP contribution in [-0.2, 0) is 10.1 Å². The molecule has 0 bridgehead atoms. The van der Waals surface area contributed by atoms with Gasteiger partial charge in [0.25, 0.3) is 0 Å². The average molecular weight is 372 g/mol. The first-order valence-corrected chi connectivity index (χ1v) is 9.48. The van der Waals surface area contributed by atoms with E-state index in [2.05, 4.69) is 15.5 Å². The molecule has 8 heteroatoms. The van der Waals surface area contributed by atoms with Crippen LogP contribution in [0, 0.1) is 34.6 Å². The van der Waals surface area contributed by atoms with E-state index in [1.807, 2.05) is 34.6 Å². The molecule has 0 unspecified atom stereocenters. The third-order valence-electron chi connectivity index (χ3n) is 4.84. The fourth-order valence-corrected chi connectivity index (χ4v) is 4.45. The van der Waals surface area contributed by atoms with Crippen LogP contribution < -0.4 is 4.18 Å². The largest absolute Gasteiger partial charge is 0.379 e. The van der Waals surface area contributed by atoms with E-state index in [1.165, 1.54) is 11.0 Å². The Hall–Kier alpha value is -2.74. The zero-order chi connectivity index (χ0) is 19.1. The Morgan fingerprint density at radius 2 is 1.38 bits per heavy atom.